The van der Waals surface area contributed by atoms with Gasteiger partial charge < -0.3 is 9.80 Å². The van der Waals surface area contributed by atoms with Gasteiger partial charge in [0, 0.05) is 46.0 Å². The molecule has 2 rings (SSSR count). The van der Waals surface area contributed by atoms with Gasteiger partial charge in [0.2, 0.25) is 0 Å². The van der Waals surface area contributed by atoms with Crippen LogP contribution in [-0.2, 0) is 13.1 Å². The Morgan fingerprint density at radius 2 is 1.76 bits per heavy atom. The Morgan fingerprint density at radius 3 is 2.36 bits per heavy atom. The van der Waals surface area contributed by atoms with Gasteiger partial charge >= 0.3 is 0 Å². The molecule has 134 valence electrons. The zero-order chi connectivity index (χ0) is 18.4. The van der Waals surface area contributed by atoms with Gasteiger partial charge in [0.25, 0.3) is 11.5 Å². The molecule has 0 spiro atoms. The maximum Gasteiger partial charge on any atom is 0.274 e. The van der Waals surface area contributed by atoms with Gasteiger partial charge in [0.15, 0.2) is 0 Å². The molecule has 2 aromatic rings. The molecule has 0 radical (unpaired) electrons. The summed E-state index contributed by atoms with van der Waals surface area (Å²) in [5.74, 6) is -0.193. The fraction of sp³-hybridized carbons (Fsp3) is 0.421. The number of aromatic nitrogens is 2. The topological polar surface area (TPSA) is 58.4 Å². The summed E-state index contributed by atoms with van der Waals surface area (Å²) in [6.45, 7) is 3.07. The Kier molecular flexibility index (Phi) is 6.33. The molecule has 1 aromatic heterocycles. The third-order valence-corrected chi connectivity index (χ3v) is 4.03. The van der Waals surface area contributed by atoms with E-state index in [1.165, 1.54) is 16.8 Å². The van der Waals surface area contributed by atoms with Crippen LogP contribution in [-0.4, -0.2) is 41.7 Å². The van der Waals surface area contributed by atoms with Crippen LogP contribution in [0.3, 0.4) is 0 Å². The molecule has 1 amide bonds. The van der Waals surface area contributed by atoms with E-state index >= 15 is 0 Å². The zero-order valence-corrected chi connectivity index (χ0v) is 15.4. The number of carbonyl (C=O) groups is 1. The number of carbonyl (C=O) groups excluding carboxylic acids is 1. The van der Waals surface area contributed by atoms with Gasteiger partial charge in [-0.25, -0.2) is 4.68 Å². The van der Waals surface area contributed by atoms with E-state index in [4.69, 9.17) is 0 Å². The molecule has 0 aliphatic heterocycles. The number of anilines is 1. The van der Waals surface area contributed by atoms with Crippen LogP contribution < -0.4 is 10.5 Å². The van der Waals surface area contributed by atoms with E-state index in [1.807, 2.05) is 43.3 Å². The van der Waals surface area contributed by atoms with Crippen molar-refractivity contribution in [1.29, 1.82) is 0 Å². The molecule has 6 nitrogen and oxygen atoms in total. The van der Waals surface area contributed by atoms with Gasteiger partial charge in [-0.15, -0.1) is 0 Å². The molecule has 0 fully saturated rings. The Hall–Kier alpha value is -2.63. The number of amides is 1. The summed E-state index contributed by atoms with van der Waals surface area (Å²) in [6.07, 6.45) is 1.83. The van der Waals surface area contributed by atoms with Gasteiger partial charge in [0.05, 0.1) is 0 Å². The van der Waals surface area contributed by atoms with Crippen LogP contribution in [0.25, 0.3) is 0 Å². The average molecular weight is 342 g/mol. The van der Waals surface area contributed by atoms with Crippen molar-refractivity contribution in [2.75, 3.05) is 26.0 Å². The minimum Gasteiger partial charge on any atom is -0.378 e. The quantitative estimate of drug-likeness (QED) is 0.775. The van der Waals surface area contributed by atoms with Gasteiger partial charge in [-0.2, -0.15) is 5.10 Å². The molecule has 0 aliphatic carbocycles. The standard InChI is InChI=1S/C19H26N4O2/c1-5-6-13-23-18(24)12-11-17(20-23)19(25)22(4)14-15-7-9-16(10-8-15)21(2)3/h7-12H,5-6,13-14H2,1-4H3. The highest BCUT2D eigenvalue weighted by molar-refractivity contribution is 5.91. The summed E-state index contributed by atoms with van der Waals surface area (Å²) in [6, 6.07) is 11.0. The number of rotatable bonds is 7. The first-order valence-corrected chi connectivity index (χ1v) is 8.52. The number of aryl methyl sites for hydroxylation is 1. The maximum atomic E-state index is 12.6. The van der Waals surface area contributed by atoms with Crippen molar-refractivity contribution in [3.63, 3.8) is 0 Å². The average Bonchev–Trinajstić information content (AvgIpc) is 2.60. The Morgan fingerprint density at radius 1 is 1.08 bits per heavy atom. The van der Waals surface area contributed by atoms with Crippen LogP contribution in [0.1, 0.15) is 35.8 Å². The largest absolute Gasteiger partial charge is 0.378 e. The van der Waals surface area contributed by atoms with Gasteiger partial charge in [0.1, 0.15) is 5.69 Å². The fourth-order valence-electron chi connectivity index (χ4n) is 2.47. The van der Waals surface area contributed by atoms with Crippen LogP contribution in [0.2, 0.25) is 0 Å². The number of benzene rings is 1. The van der Waals surface area contributed by atoms with E-state index in [9.17, 15) is 9.59 Å². The highest BCUT2D eigenvalue weighted by Gasteiger charge is 2.15. The number of unbranched alkanes of at least 4 members (excludes halogenated alkanes) is 1. The zero-order valence-electron chi connectivity index (χ0n) is 15.4. The first-order valence-electron chi connectivity index (χ1n) is 8.52. The second-order valence-corrected chi connectivity index (χ2v) is 6.36. The van der Waals surface area contributed by atoms with Gasteiger partial charge in [-0.1, -0.05) is 25.5 Å². The molecule has 25 heavy (non-hydrogen) atoms. The Balaban J connectivity index is 2.10. The first-order chi connectivity index (χ1) is 11.9. The van der Waals surface area contributed by atoms with Crippen LogP contribution in [0.15, 0.2) is 41.2 Å². The van der Waals surface area contributed by atoms with E-state index in [0.29, 0.717) is 18.8 Å². The summed E-state index contributed by atoms with van der Waals surface area (Å²) in [5, 5.41) is 4.22. The van der Waals surface area contributed by atoms with Crippen LogP contribution in [0.4, 0.5) is 5.69 Å². The maximum absolute atomic E-state index is 12.6. The molecule has 0 unspecified atom stereocenters. The lowest BCUT2D eigenvalue weighted by molar-refractivity contribution is 0.0776. The van der Waals surface area contributed by atoms with Gasteiger partial charge in [-0.3, -0.25) is 9.59 Å². The minimum atomic E-state index is -0.193. The van der Waals surface area contributed by atoms with Gasteiger partial charge in [-0.05, 0) is 30.2 Å². The highest BCUT2D eigenvalue weighted by atomic mass is 16.2. The van der Waals surface area contributed by atoms with Crippen molar-refractivity contribution >= 4 is 11.6 Å². The lowest BCUT2D eigenvalue weighted by atomic mass is 10.2. The SMILES string of the molecule is CCCCn1nc(C(=O)N(C)Cc2ccc(N(C)C)cc2)ccc1=O. The predicted octanol–water partition coefficient (Wildman–Crippen LogP) is 2.38. The van der Waals surface area contributed by atoms with Crippen molar-refractivity contribution in [3.8, 4) is 0 Å². The predicted molar refractivity (Wildman–Crippen MR) is 100.0 cm³/mol. The third kappa shape index (κ3) is 4.92. The summed E-state index contributed by atoms with van der Waals surface area (Å²) < 4.78 is 1.37. The molecule has 1 aromatic carbocycles. The van der Waals surface area contributed by atoms with Crippen molar-refractivity contribution in [2.45, 2.75) is 32.9 Å². The fourth-order valence-corrected chi connectivity index (χ4v) is 2.47. The lowest BCUT2D eigenvalue weighted by Gasteiger charge is -2.18. The normalized spacial score (nSPS) is 10.6. The summed E-state index contributed by atoms with van der Waals surface area (Å²) in [7, 11) is 5.72. The molecule has 0 N–H and O–H groups in total. The van der Waals surface area contributed by atoms with Crippen molar-refractivity contribution in [3.05, 3.63) is 58.0 Å². The second kappa shape index (κ2) is 8.46. The highest BCUT2D eigenvalue weighted by Crippen LogP contribution is 2.14. The summed E-state index contributed by atoms with van der Waals surface area (Å²) in [5.41, 5.74) is 2.28. The van der Waals surface area contributed by atoms with Crippen LogP contribution in [0, 0.1) is 0 Å². The van der Waals surface area contributed by atoms with E-state index in [0.717, 1.165) is 24.1 Å². The molecule has 1 heterocycles. The van der Waals surface area contributed by atoms with Crippen molar-refractivity contribution < 1.29 is 4.79 Å². The molecule has 0 saturated heterocycles. The van der Waals surface area contributed by atoms with E-state index in [-0.39, 0.29) is 11.5 Å². The molecule has 0 atom stereocenters. The smallest absolute Gasteiger partial charge is 0.274 e. The van der Waals surface area contributed by atoms with Crippen molar-refractivity contribution in [1.82, 2.24) is 14.7 Å². The van der Waals surface area contributed by atoms with E-state index in [1.54, 1.807) is 11.9 Å². The Labute approximate surface area is 148 Å². The molecule has 0 bridgehead atoms. The third-order valence-electron chi connectivity index (χ3n) is 4.03. The Bertz CT molecular complexity index is 766. The number of nitrogens with zero attached hydrogens (tertiary/aromatic N) is 4. The van der Waals surface area contributed by atoms with E-state index < -0.39 is 0 Å². The minimum absolute atomic E-state index is 0.174. The summed E-state index contributed by atoms with van der Waals surface area (Å²) in [4.78, 5) is 28.1. The molecule has 0 saturated carbocycles. The summed E-state index contributed by atoms with van der Waals surface area (Å²) >= 11 is 0. The van der Waals surface area contributed by atoms with Crippen LogP contribution >= 0.6 is 0 Å². The molecular formula is C19H26N4O2. The lowest BCUT2D eigenvalue weighted by Crippen LogP contribution is -2.31. The molecule has 6 heteroatoms. The molecular weight excluding hydrogens is 316 g/mol. The number of hydrogen-bond acceptors (Lipinski definition) is 4. The second-order valence-electron chi connectivity index (χ2n) is 6.36. The molecule has 0 aliphatic rings. The van der Waals surface area contributed by atoms with Crippen molar-refractivity contribution in [2.24, 2.45) is 0 Å². The van der Waals surface area contributed by atoms with E-state index in [2.05, 4.69) is 12.0 Å². The monoisotopic (exact) mass is 342 g/mol. The first kappa shape index (κ1) is 18.7. The number of hydrogen-bond donors (Lipinski definition) is 0. The van der Waals surface area contributed by atoms with Crippen LogP contribution in [0.5, 0.6) is 0 Å².